The maximum atomic E-state index is 3.65. The second-order valence-corrected chi connectivity index (χ2v) is 16.7. The number of hydrogen-bond acceptors (Lipinski definition) is 1. The fraction of sp³-hybridized carbons (Fsp3) is 0.0182. The Kier molecular flexibility index (Phi) is 8.29. The molecule has 12 rings (SSSR count). The molecule has 0 fully saturated rings. The molecule has 0 N–H and O–H groups in total. The van der Waals surface area contributed by atoms with Crippen LogP contribution in [0.5, 0.6) is 0 Å². The molecule has 12 aromatic rings. The molecule has 9 aromatic carbocycles. The van der Waals surface area contributed by atoms with Gasteiger partial charge in [0.1, 0.15) is 0 Å². The monoisotopic (exact) mass is 844 g/mol. The van der Waals surface area contributed by atoms with Gasteiger partial charge in [0.2, 0.25) is 0 Å². The minimum Gasteiger partial charge on any atom is -0.311 e. The Balaban J connectivity index is 1.08. The number of nitrogens with zero attached hydrogens (tertiary/aromatic N) is 4. The lowest BCUT2D eigenvalue weighted by Crippen LogP contribution is -2.13. The molecule has 0 radical (unpaired) electrons. The van der Waals surface area contributed by atoms with Crippen LogP contribution >= 0.6 is 15.9 Å². The Labute approximate surface area is 362 Å². The average molecular weight is 846 g/mol. The quantitative estimate of drug-likeness (QED) is 0.146. The Bertz CT molecular complexity index is 3360. The Morgan fingerprint density at radius 2 is 0.672 bits per heavy atom. The Hall–Kier alpha value is -7.28. The van der Waals surface area contributed by atoms with Gasteiger partial charge in [-0.25, -0.2) is 0 Å². The van der Waals surface area contributed by atoms with Crippen molar-refractivity contribution in [2.24, 2.45) is 0 Å². The molecule has 0 spiro atoms. The van der Waals surface area contributed by atoms with Crippen molar-refractivity contribution in [2.75, 3.05) is 4.90 Å². The molecule has 0 aliphatic rings. The van der Waals surface area contributed by atoms with Crippen molar-refractivity contribution in [3.05, 3.63) is 211 Å². The number of rotatable bonds is 7. The van der Waals surface area contributed by atoms with Crippen molar-refractivity contribution in [2.45, 2.75) is 6.82 Å². The third-order valence-electron chi connectivity index (χ3n) is 12.5. The van der Waals surface area contributed by atoms with Gasteiger partial charge in [-0.05, 0) is 121 Å². The zero-order valence-electron chi connectivity index (χ0n) is 33.5. The maximum absolute atomic E-state index is 3.65. The maximum Gasteiger partial charge on any atom is 0.154 e. The molecular weight excluding hydrogens is 807 g/mol. The predicted molar refractivity (Wildman–Crippen MR) is 264 cm³/mol. The first-order valence-corrected chi connectivity index (χ1v) is 21.7. The number of fused-ring (bicyclic) bond motifs is 9. The summed E-state index contributed by atoms with van der Waals surface area (Å²) in [6.45, 7) is 2.20. The first-order chi connectivity index (χ1) is 30.1. The van der Waals surface area contributed by atoms with Crippen LogP contribution in [-0.2, 0) is 0 Å². The van der Waals surface area contributed by atoms with E-state index in [9.17, 15) is 0 Å². The fourth-order valence-electron chi connectivity index (χ4n) is 9.63. The van der Waals surface area contributed by atoms with E-state index in [2.05, 4.69) is 248 Å². The van der Waals surface area contributed by atoms with Crippen LogP contribution in [0.3, 0.4) is 0 Å². The van der Waals surface area contributed by atoms with Crippen LogP contribution in [0.2, 0.25) is 6.82 Å². The van der Waals surface area contributed by atoms with E-state index in [0.29, 0.717) is 0 Å². The second kappa shape index (κ2) is 14.2. The summed E-state index contributed by atoms with van der Waals surface area (Å²) in [6.07, 6.45) is 0. The highest BCUT2D eigenvalue weighted by atomic mass is 79.9. The molecule has 0 aliphatic carbocycles. The van der Waals surface area contributed by atoms with E-state index in [-0.39, 0.29) is 0 Å². The minimum atomic E-state index is 1.01. The zero-order chi connectivity index (χ0) is 40.6. The van der Waals surface area contributed by atoms with Gasteiger partial charge >= 0.3 is 0 Å². The minimum absolute atomic E-state index is 1.01. The van der Waals surface area contributed by atoms with Crippen LogP contribution in [0.4, 0.5) is 17.1 Å². The molecule has 0 saturated carbocycles. The summed E-state index contributed by atoms with van der Waals surface area (Å²) in [4.78, 5) is 2.33. The zero-order valence-corrected chi connectivity index (χ0v) is 35.1. The van der Waals surface area contributed by atoms with Gasteiger partial charge in [0.05, 0.1) is 33.1 Å². The van der Waals surface area contributed by atoms with Gasteiger partial charge in [-0.15, -0.1) is 0 Å². The summed E-state index contributed by atoms with van der Waals surface area (Å²) in [5.74, 6) is 0. The standard InChI is InChI=1S/C55H38BBrN4/c1-56-36-18-22-38(23-19-36)58(39-24-20-37(57)21-25-39)40-26-28-41(29-27-40)59-54-32-30-42(60-50-14-6-2-10-44(50)45-11-3-7-15-51(45)60)34-48(54)49-35-43(31-33-55(49)59)61-52-16-8-4-12-46(52)47-13-5-9-17-53(47)61/h2-35,56H,1H3. The highest BCUT2D eigenvalue weighted by molar-refractivity contribution is 9.10. The lowest BCUT2D eigenvalue weighted by atomic mass is 9.73. The normalized spacial score (nSPS) is 11.8. The topological polar surface area (TPSA) is 18.0 Å². The van der Waals surface area contributed by atoms with Crippen molar-refractivity contribution >= 4 is 111 Å². The van der Waals surface area contributed by atoms with Crippen LogP contribution in [0.1, 0.15) is 0 Å². The molecule has 3 aromatic heterocycles. The van der Waals surface area contributed by atoms with E-state index >= 15 is 0 Å². The molecular formula is C55H38BBrN4. The largest absolute Gasteiger partial charge is 0.311 e. The van der Waals surface area contributed by atoms with Gasteiger partial charge in [-0.2, -0.15) is 0 Å². The molecule has 6 heteroatoms. The van der Waals surface area contributed by atoms with Crippen molar-refractivity contribution in [1.29, 1.82) is 0 Å². The first-order valence-electron chi connectivity index (χ1n) is 20.9. The molecule has 0 aliphatic heterocycles. The summed E-state index contributed by atoms with van der Waals surface area (Å²) in [7, 11) is 1.01. The molecule has 0 saturated heterocycles. The van der Waals surface area contributed by atoms with Crippen LogP contribution in [0.25, 0.3) is 82.5 Å². The lowest BCUT2D eigenvalue weighted by Gasteiger charge is -2.26. The number of benzene rings is 9. The second-order valence-electron chi connectivity index (χ2n) is 15.8. The summed E-state index contributed by atoms with van der Waals surface area (Å²) >= 11 is 3.65. The Morgan fingerprint density at radius 3 is 1.08 bits per heavy atom. The molecule has 0 atom stereocenters. The fourth-order valence-corrected chi connectivity index (χ4v) is 9.89. The SMILES string of the molecule is CBc1ccc(N(c2ccc(Br)cc2)c2ccc(-n3c4ccc(-n5c6ccccc6c6ccccc65)cc4c4cc(-n5c6ccccc6c6ccccc65)ccc43)cc2)cc1. The highest BCUT2D eigenvalue weighted by Gasteiger charge is 2.20. The molecule has 61 heavy (non-hydrogen) atoms. The Morgan fingerprint density at radius 1 is 0.344 bits per heavy atom. The van der Waals surface area contributed by atoms with Crippen molar-refractivity contribution in [3.8, 4) is 17.1 Å². The molecule has 0 bridgehead atoms. The molecule has 4 nitrogen and oxygen atoms in total. The van der Waals surface area contributed by atoms with E-state index in [1.165, 1.54) is 59.8 Å². The average Bonchev–Trinajstić information content (AvgIpc) is 3.95. The summed E-state index contributed by atoms with van der Waals surface area (Å²) in [5, 5.41) is 7.43. The summed E-state index contributed by atoms with van der Waals surface area (Å²) in [6, 6.07) is 75.5. The number of halogens is 1. The number of aromatic nitrogens is 3. The number of hydrogen-bond donors (Lipinski definition) is 0. The van der Waals surface area contributed by atoms with Gasteiger partial charge in [-0.3, -0.25) is 0 Å². The molecule has 288 valence electrons. The van der Waals surface area contributed by atoms with E-state index in [1.54, 1.807) is 0 Å². The van der Waals surface area contributed by atoms with E-state index < -0.39 is 0 Å². The lowest BCUT2D eigenvalue weighted by molar-refractivity contribution is 1.16. The summed E-state index contributed by atoms with van der Waals surface area (Å²) < 4.78 is 8.33. The van der Waals surface area contributed by atoms with Crippen molar-refractivity contribution in [3.63, 3.8) is 0 Å². The van der Waals surface area contributed by atoms with Crippen LogP contribution in [0.15, 0.2) is 211 Å². The number of anilines is 3. The highest BCUT2D eigenvalue weighted by Crippen LogP contribution is 2.41. The van der Waals surface area contributed by atoms with Crippen LogP contribution in [0, 0.1) is 0 Å². The third-order valence-corrected chi connectivity index (χ3v) is 13.0. The van der Waals surface area contributed by atoms with Crippen molar-refractivity contribution in [1.82, 2.24) is 13.7 Å². The summed E-state index contributed by atoms with van der Waals surface area (Å²) in [5.41, 5.74) is 15.2. The van der Waals surface area contributed by atoms with E-state index in [1.807, 2.05) is 0 Å². The van der Waals surface area contributed by atoms with Crippen LogP contribution < -0.4 is 10.4 Å². The van der Waals surface area contributed by atoms with Gasteiger partial charge in [-0.1, -0.05) is 113 Å². The smallest absolute Gasteiger partial charge is 0.154 e. The van der Waals surface area contributed by atoms with Gasteiger partial charge in [0.15, 0.2) is 7.28 Å². The van der Waals surface area contributed by atoms with Gasteiger partial charge in [0, 0.05) is 70.9 Å². The molecule has 0 amide bonds. The third kappa shape index (κ3) is 5.67. The predicted octanol–water partition coefficient (Wildman–Crippen LogP) is 14.3. The van der Waals surface area contributed by atoms with E-state index in [0.717, 1.165) is 56.9 Å². The van der Waals surface area contributed by atoms with E-state index in [4.69, 9.17) is 0 Å². The van der Waals surface area contributed by atoms with Crippen molar-refractivity contribution < 1.29 is 0 Å². The van der Waals surface area contributed by atoms with Gasteiger partial charge < -0.3 is 18.6 Å². The van der Waals surface area contributed by atoms with Crippen LogP contribution in [-0.4, -0.2) is 21.0 Å². The molecule has 3 heterocycles. The first kappa shape index (κ1) is 35.7. The molecule has 0 unspecified atom stereocenters. The van der Waals surface area contributed by atoms with Gasteiger partial charge in [0.25, 0.3) is 0 Å². The number of para-hydroxylation sites is 4.